The van der Waals surface area contributed by atoms with Crippen molar-refractivity contribution in [2.45, 2.75) is 26.2 Å². The summed E-state index contributed by atoms with van der Waals surface area (Å²) in [5.74, 6) is 1.70. The zero-order valence-electron chi connectivity index (χ0n) is 9.30. The van der Waals surface area contributed by atoms with Crippen LogP contribution in [0, 0.1) is 19.8 Å². The number of hydrogen-bond donors (Lipinski definition) is 1. The molecule has 0 saturated heterocycles. The molecule has 1 aromatic rings. The minimum absolute atomic E-state index is 0.820. The average Bonchev–Trinajstić information content (AvgIpc) is 2.82. The average molecular weight is 189 g/mol. The van der Waals surface area contributed by atoms with Gasteiger partial charge in [-0.3, -0.25) is 0 Å². The first-order valence-corrected chi connectivity index (χ1v) is 5.43. The third-order valence-corrected chi connectivity index (χ3v) is 3.06. The van der Waals surface area contributed by atoms with Crippen LogP contribution in [0.5, 0.6) is 0 Å². The standard InChI is InChI=1S/C13H19N/c1-9-4-10(2)6-11(5-9)13-7-12(13)8-14-3/h4-6,12-14H,7-8H2,1-3H3. The Kier molecular flexibility index (Phi) is 2.60. The van der Waals surface area contributed by atoms with E-state index in [0.717, 1.165) is 18.4 Å². The molecule has 0 amide bonds. The van der Waals surface area contributed by atoms with E-state index in [2.05, 4.69) is 37.4 Å². The number of benzene rings is 1. The van der Waals surface area contributed by atoms with Crippen LogP contribution in [0.25, 0.3) is 0 Å². The van der Waals surface area contributed by atoms with Gasteiger partial charge in [0.05, 0.1) is 0 Å². The van der Waals surface area contributed by atoms with E-state index in [0.29, 0.717) is 0 Å². The Labute approximate surface area is 86.5 Å². The Morgan fingerprint density at radius 3 is 2.43 bits per heavy atom. The van der Waals surface area contributed by atoms with Crippen LogP contribution in [0.3, 0.4) is 0 Å². The van der Waals surface area contributed by atoms with Gasteiger partial charge in [0.1, 0.15) is 0 Å². The maximum Gasteiger partial charge on any atom is -0.00175 e. The molecule has 1 aliphatic carbocycles. The first kappa shape index (κ1) is 9.72. The predicted octanol–water partition coefficient (Wildman–Crippen LogP) is 2.63. The molecule has 1 aromatic carbocycles. The monoisotopic (exact) mass is 189 g/mol. The molecule has 14 heavy (non-hydrogen) atoms. The summed E-state index contributed by atoms with van der Waals surface area (Å²) in [6.07, 6.45) is 1.36. The lowest BCUT2D eigenvalue weighted by molar-refractivity contribution is 0.698. The fraction of sp³-hybridized carbons (Fsp3) is 0.538. The molecular formula is C13H19N. The van der Waals surface area contributed by atoms with E-state index in [-0.39, 0.29) is 0 Å². The maximum atomic E-state index is 3.26. The summed E-state index contributed by atoms with van der Waals surface area (Å²) >= 11 is 0. The van der Waals surface area contributed by atoms with Gasteiger partial charge in [0.25, 0.3) is 0 Å². The minimum atomic E-state index is 0.820. The highest BCUT2D eigenvalue weighted by Crippen LogP contribution is 2.47. The zero-order valence-corrected chi connectivity index (χ0v) is 9.30. The maximum absolute atomic E-state index is 3.26. The van der Waals surface area contributed by atoms with Crippen molar-refractivity contribution in [3.63, 3.8) is 0 Å². The lowest BCUT2D eigenvalue weighted by Crippen LogP contribution is -2.10. The Bertz CT molecular complexity index is 310. The van der Waals surface area contributed by atoms with Gasteiger partial charge < -0.3 is 5.32 Å². The van der Waals surface area contributed by atoms with Gasteiger partial charge in [-0.15, -0.1) is 0 Å². The largest absolute Gasteiger partial charge is 0.319 e. The summed E-state index contributed by atoms with van der Waals surface area (Å²) in [6.45, 7) is 5.54. The molecule has 2 atom stereocenters. The summed E-state index contributed by atoms with van der Waals surface area (Å²) in [7, 11) is 2.04. The fourth-order valence-electron chi connectivity index (χ4n) is 2.37. The quantitative estimate of drug-likeness (QED) is 0.770. The normalized spacial score (nSPS) is 25.1. The highest BCUT2D eigenvalue weighted by molar-refractivity contribution is 5.34. The third-order valence-electron chi connectivity index (χ3n) is 3.06. The predicted molar refractivity (Wildman–Crippen MR) is 60.7 cm³/mol. The molecule has 1 N–H and O–H groups in total. The Balaban J connectivity index is 2.11. The van der Waals surface area contributed by atoms with E-state index >= 15 is 0 Å². The lowest BCUT2D eigenvalue weighted by Gasteiger charge is -2.04. The molecule has 0 aromatic heterocycles. The molecule has 1 nitrogen and oxygen atoms in total. The second-order valence-corrected chi connectivity index (χ2v) is 4.58. The van der Waals surface area contributed by atoms with Gasteiger partial charge in [0.15, 0.2) is 0 Å². The van der Waals surface area contributed by atoms with E-state index in [4.69, 9.17) is 0 Å². The van der Waals surface area contributed by atoms with Crippen LogP contribution in [-0.2, 0) is 0 Å². The van der Waals surface area contributed by atoms with Crippen LogP contribution in [0.2, 0.25) is 0 Å². The highest BCUT2D eigenvalue weighted by atomic mass is 14.8. The second-order valence-electron chi connectivity index (χ2n) is 4.58. The third kappa shape index (κ3) is 1.98. The molecule has 0 bridgehead atoms. The van der Waals surface area contributed by atoms with Gasteiger partial charge in [-0.25, -0.2) is 0 Å². The van der Waals surface area contributed by atoms with E-state index in [9.17, 15) is 0 Å². The lowest BCUT2D eigenvalue weighted by atomic mass is 10.0. The van der Waals surface area contributed by atoms with Crippen molar-refractivity contribution in [3.8, 4) is 0 Å². The Hall–Kier alpha value is -0.820. The number of aryl methyl sites for hydroxylation is 2. The molecule has 0 spiro atoms. The smallest absolute Gasteiger partial charge is 0.00175 e. The van der Waals surface area contributed by atoms with Gasteiger partial charge in [-0.05, 0) is 51.3 Å². The first-order chi connectivity index (χ1) is 6.70. The van der Waals surface area contributed by atoms with Crippen LogP contribution in [-0.4, -0.2) is 13.6 Å². The zero-order chi connectivity index (χ0) is 10.1. The van der Waals surface area contributed by atoms with Crippen molar-refractivity contribution in [1.29, 1.82) is 0 Å². The van der Waals surface area contributed by atoms with E-state index < -0.39 is 0 Å². The molecule has 2 unspecified atom stereocenters. The summed E-state index contributed by atoms with van der Waals surface area (Å²) in [6, 6.07) is 6.93. The number of rotatable bonds is 3. The van der Waals surface area contributed by atoms with Crippen molar-refractivity contribution in [1.82, 2.24) is 5.32 Å². The van der Waals surface area contributed by atoms with Gasteiger partial charge >= 0.3 is 0 Å². The SMILES string of the molecule is CNCC1CC1c1cc(C)cc(C)c1. The van der Waals surface area contributed by atoms with Gasteiger partial charge in [-0.2, -0.15) is 0 Å². The molecule has 2 rings (SSSR count). The van der Waals surface area contributed by atoms with Crippen molar-refractivity contribution >= 4 is 0 Å². The summed E-state index contributed by atoms with van der Waals surface area (Å²) < 4.78 is 0. The van der Waals surface area contributed by atoms with Crippen molar-refractivity contribution in [3.05, 3.63) is 34.9 Å². The Morgan fingerprint density at radius 2 is 1.86 bits per heavy atom. The van der Waals surface area contributed by atoms with Crippen molar-refractivity contribution in [2.75, 3.05) is 13.6 Å². The van der Waals surface area contributed by atoms with Crippen molar-refractivity contribution in [2.24, 2.45) is 5.92 Å². The molecular weight excluding hydrogens is 170 g/mol. The molecule has 1 aliphatic rings. The number of hydrogen-bond acceptors (Lipinski definition) is 1. The van der Waals surface area contributed by atoms with Crippen LogP contribution < -0.4 is 5.32 Å². The van der Waals surface area contributed by atoms with E-state index in [1.165, 1.54) is 17.5 Å². The second kappa shape index (κ2) is 3.74. The van der Waals surface area contributed by atoms with Gasteiger partial charge in [-0.1, -0.05) is 29.3 Å². The fourth-order valence-corrected chi connectivity index (χ4v) is 2.37. The topological polar surface area (TPSA) is 12.0 Å². The summed E-state index contributed by atoms with van der Waals surface area (Å²) in [5, 5.41) is 3.26. The van der Waals surface area contributed by atoms with Crippen LogP contribution in [0.1, 0.15) is 29.0 Å². The molecule has 0 heterocycles. The summed E-state index contributed by atoms with van der Waals surface area (Å²) in [5.41, 5.74) is 4.34. The molecule has 76 valence electrons. The van der Waals surface area contributed by atoms with Crippen molar-refractivity contribution < 1.29 is 0 Å². The van der Waals surface area contributed by atoms with Crippen LogP contribution in [0.15, 0.2) is 18.2 Å². The Morgan fingerprint density at radius 1 is 1.21 bits per heavy atom. The first-order valence-electron chi connectivity index (χ1n) is 5.43. The molecule has 0 aliphatic heterocycles. The minimum Gasteiger partial charge on any atom is -0.319 e. The van der Waals surface area contributed by atoms with Gasteiger partial charge in [0, 0.05) is 0 Å². The van der Waals surface area contributed by atoms with E-state index in [1.807, 2.05) is 7.05 Å². The van der Waals surface area contributed by atoms with E-state index in [1.54, 1.807) is 5.56 Å². The number of nitrogens with one attached hydrogen (secondary N) is 1. The highest BCUT2D eigenvalue weighted by Gasteiger charge is 2.37. The molecule has 1 heteroatoms. The summed E-state index contributed by atoms with van der Waals surface area (Å²) in [4.78, 5) is 0. The molecule has 0 radical (unpaired) electrons. The van der Waals surface area contributed by atoms with Crippen LogP contribution in [0.4, 0.5) is 0 Å². The molecule has 1 saturated carbocycles. The molecule has 1 fully saturated rings. The van der Waals surface area contributed by atoms with Crippen LogP contribution >= 0.6 is 0 Å². The van der Waals surface area contributed by atoms with Gasteiger partial charge in [0.2, 0.25) is 0 Å².